The van der Waals surface area contributed by atoms with Gasteiger partial charge < -0.3 is 10.2 Å². The second-order valence-corrected chi connectivity index (χ2v) is 6.87. The van der Waals surface area contributed by atoms with E-state index in [0.717, 1.165) is 29.2 Å². The number of nitrogens with one attached hydrogen (secondary N) is 1. The molecule has 2 rings (SSSR count). The molecule has 0 aliphatic heterocycles. The summed E-state index contributed by atoms with van der Waals surface area (Å²) in [6.07, 6.45) is 0. The minimum absolute atomic E-state index is 0.670. The van der Waals surface area contributed by atoms with Crippen molar-refractivity contribution >= 4 is 33.2 Å². The molecule has 118 valence electrons. The molecule has 0 spiro atoms. The van der Waals surface area contributed by atoms with Crippen LogP contribution in [0.5, 0.6) is 0 Å². The van der Waals surface area contributed by atoms with E-state index in [0.29, 0.717) is 6.54 Å². The fourth-order valence-electron chi connectivity index (χ4n) is 2.03. The van der Waals surface area contributed by atoms with Gasteiger partial charge in [-0.25, -0.2) is 9.98 Å². The monoisotopic (exact) mass is 380 g/mol. The maximum atomic E-state index is 4.72. The lowest BCUT2D eigenvalue weighted by Crippen LogP contribution is -2.38. The third-order valence-electron chi connectivity index (χ3n) is 3.25. The topological polar surface area (TPSA) is 40.5 Å². The van der Waals surface area contributed by atoms with Crippen molar-refractivity contribution in [1.82, 2.24) is 15.2 Å². The molecule has 0 unspecified atom stereocenters. The van der Waals surface area contributed by atoms with Crippen molar-refractivity contribution in [3.8, 4) is 0 Å². The van der Waals surface area contributed by atoms with Gasteiger partial charge in [-0.3, -0.25) is 0 Å². The van der Waals surface area contributed by atoms with Crippen LogP contribution in [0.3, 0.4) is 0 Å². The Bertz CT molecular complexity index is 621. The zero-order valence-corrected chi connectivity index (χ0v) is 15.5. The fraction of sp³-hybridized carbons (Fsp3) is 0.375. The van der Waals surface area contributed by atoms with Crippen LogP contribution in [-0.4, -0.2) is 29.4 Å². The SMILES string of the molecule is CCNC(=NCc1scnc1C)N(C)Cc1ccc(Br)cc1. The number of hydrogen-bond acceptors (Lipinski definition) is 3. The maximum absolute atomic E-state index is 4.72. The van der Waals surface area contributed by atoms with Gasteiger partial charge in [-0.1, -0.05) is 28.1 Å². The average Bonchev–Trinajstić information content (AvgIpc) is 2.91. The number of benzene rings is 1. The molecule has 0 aliphatic rings. The molecule has 6 heteroatoms. The number of halogens is 1. The molecule has 0 radical (unpaired) electrons. The highest BCUT2D eigenvalue weighted by Gasteiger charge is 2.07. The largest absolute Gasteiger partial charge is 0.357 e. The predicted octanol–water partition coefficient (Wildman–Crippen LogP) is 3.81. The molecule has 1 N–H and O–H groups in total. The molecule has 0 saturated carbocycles. The van der Waals surface area contributed by atoms with Crippen LogP contribution >= 0.6 is 27.3 Å². The van der Waals surface area contributed by atoms with E-state index in [4.69, 9.17) is 4.99 Å². The number of aliphatic imine (C=N–C) groups is 1. The molecule has 0 aliphatic carbocycles. The standard InChI is InChI=1S/C16H21BrN4S/c1-4-18-16(19-9-15-12(2)20-11-22-15)21(3)10-13-5-7-14(17)8-6-13/h5-8,11H,4,9-10H2,1-3H3,(H,18,19). The number of thiazole rings is 1. The van der Waals surface area contributed by atoms with Crippen molar-refractivity contribution < 1.29 is 0 Å². The van der Waals surface area contributed by atoms with Gasteiger partial charge in [0.2, 0.25) is 0 Å². The normalized spacial score (nSPS) is 11.5. The van der Waals surface area contributed by atoms with Gasteiger partial charge in [0.05, 0.1) is 17.7 Å². The Morgan fingerprint density at radius 2 is 2.09 bits per heavy atom. The quantitative estimate of drug-likeness (QED) is 0.633. The van der Waals surface area contributed by atoms with Crippen molar-refractivity contribution in [3.63, 3.8) is 0 Å². The summed E-state index contributed by atoms with van der Waals surface area (Å²) in [6.45, 7) is 6.45. The zero-order valence-electron chi connectivity index (χ0n) is 13.1. The molecule has 1 aromatic carbocycles. The van der Waals surface area contributed by atoms with Gasteiger partial charge in [-0.15, -0.1) is 11.3 Å². The zero-order chi connectivity index (χ0) is 15.9. The van der Waals surface area contributed by atoms with E-state index in [1.54, 1.807) is 11.3 Å². The number of aromatic nitrogens is 1. The predicted molar refractivity (Wildman–Crippen MR) is 97.3 cm³/mol. The number of guanidine groups is 1. The van der Waals surface area contributed by atoms with E-state index in [2.05, 4.69) is 69.4 Å². The third kappa shape index (κ3) is 4.81. The summed E-state index contributed by atoms with van der Waals surface area (Å²) in [5.41, 5.74) is 4.20. The summed E-state index contributed by atoms with van der Waals surface area (Å²) in [5.74, 6) is 0.915. The first-order valence-electron chi connectivity index (χ1n) is 7.23. The molecule has 0 atom stereocenters. The Labute approximate surface area is 144 Å². The average molecular weight is 381 g/mol. The maximum Gasteiger partial charge on any atom is 0.194 e. The Hall–Kier alpha value is -1.40. The van der Waals surface area contributed by atoms with Crippen molar-refractivity contribution in [2.24, 2.45) is 4.99 Å². The second kappa shape index (κ2) is 8.29. The van der Waals surface area contributed by atoms with Crippen molar-refractivity contribution in [3.05, 3.63) is 50.4 Å². The molecule has 0 bridgehead atoms. The summed E-state index contributed by atoms with van der Waals surface area (Å²) in [7, 11) is 2.06. The van der Waals surface area contributed by atoms with Gasteiger partial charge in [0.25, 0.3) is 0 Å². The van der Waals surface area contributed by atoms with Crippen LogP contribution in [0.4, 0.5) is 0 Å². The number of nitrogens with zero attached hydrogens (tertiary/aromatic N) is 3. The van der Waals surface area contributed by atoms with E-state index < -0.39 is 0 Å². The molecular formula is C16H21BrN4S. The Balaban J connectivity index is 2.05. The van der Waals surface area contributed by atoms with E-state index in [9.17, 15) is 0 Å². The van der Waals surface area contributed by atoms with Crippen molar-refractivity contribution in [2.75, 3.05) is 13.6 Å². The highest BCUT2D eigenvalue weighted by molar-refractivity contribution is 9.10. The van der Waals surface area contributed by atoms with Crippen LogP contribution in [0.25, 0.3) is 0 Å². The van der Waals surface area contributed by atoms with Crippen LogP contribution < -0.4 is 5.32 Å². The first-order chi connectivity index (χ1) is 10.6. The lowest BCUT2D eigenvalue weighted by Gasteiger charge is -2.22. The molecule has 1 heterocycles. The van der Waals surface area contributed by atoms with Crippen molar-refractivity contribution in [1.29, 1.82) is 0 Å². The molecule has 4 nitrogen and oxygen atoms in total. The van der Waals surface area contributed by atoms with Gasteiger partial charge >= 0.3 is 0 Å². The third-order valence-corrected chi connectivity index (χ3v) is 4.70. The van der Waals surface area contributed by atoms with Gasteiger partial charge in [0, 0.05) is 29.5 Å². The van der Waals surface area contributed by atoms with E-state index in [-0.39, 0.29) is 0 Å². The lowest BCUT2D eigenvalue weighted by molar-refractivity contribution is 0.477. The van der Waals surface area contributed by atoms with E-state index in [1.165, 1.54) is 10.4 Å². The molecule has 22 heavy (non-hydrogen) atoms. The van der Waals surface area contributed by atoms with Gasteiger partial charge in [0.1, 0.15) is 0 Å². The van der Waals surface area contributed by atoms with Crippen LogP contribution in [0.15, 0.2) is 39.2 Å². The minimum atomic E-state index is 0.670. The molecule has 2 aromatic rings. The summed E-state index contributed by atoms with van der Waals surface area (Å²) in [5, 5.41) is 3.35. The highest BCUT2D eigenvalue weighted by atomic mass is 79.9. The fourth-order valence-corrected chi connectivity index (χ4v) is 3.00. The van der Waals surface area contributed by atoms with E-state index >= 15 is 0 Å². The van der Waals surface area contributed by atoms with Crippen LogP contribution in [0, 0.1) is 6.92 Å². The number of aryl methyl sites for hydroxylation is 1. The first-order valence-corrected chi connectivity index (χ1v) is 8.90. The van der Waals surface area contributed by atoms with Gasteiger partial charge in [-0.2, -0.15) is 0 Å². The van der Waals surface area contributed by atoms with Crippen molar-refractivity contribution in [2.45, 2.75) is 26.9 Å². The minimum Gasteiger partial charge on any atom is -0.357 e. The highest BCUT2D eigenvalue weighted by Crippen LogP contribution is 2.14. The molecular weight excluding hydrogens is 360 g/mol. The summed E-state index contributed by atoms with van der Waals surface area (Å²) in [6, 6.07) is 8.37. The van der Waals surface area contributed by atoms with Crippen LogP contribution in [0.1, 0.15) is 23.1 Å². The molecule has 0 amide bonds. The number of hydrogen-bond donors (Lipinski definition) is 1. The Morgan fingerprint density at radius 3 is 2.68 bits per heavy atom. The van der Waals surface area contributed by atoms with Crippen LogP contribution in [-0.2, 0) is 13.1 Å². The number of rotatable bonds is 5. The summed E-state index contributed by atoms with van der Waals surface area (Å²) < 4.78 is 1.10. The Kier molecular flexibility index (Phi) is 6.39. The van der Waals surface area contributed by atoms with Gasteiger partial charge in [-0.05, 0) is 31.5 Å². The molecule has 1 aromatic heterocycles. The molecule has 0 saturated heterocycles. The smallest absolute Gasteiger partial charge is 0.194 e. The summed E-state index contributed by atoms with van der Waals surface area (Å²) in [4.78, 5) is 12.4. The summed E-state index contributed by atoms with van der Waals surface area (Å²) >= 11 is 5.12. The van der Waals surface area contributed by atoms with Gasteiger partial charge in [0.15, 0.2) is 5.96 Å². The lowest BCUT2D eigenvalue weighted by atomic mass is 10.2. The van der Waals surface area contributed by atoms with Crippen LogP contribution in [0.2, 0.25) is 0 Å². The first kappa shape index (κ1) is 17.0. The van der Waals surface area contributed by atoms with E-state index in [1.807, 2.05) is 12.4 Å². The second-order valence-electron chi connectivity index (χ2n) is 5.01. The Morgan fingerprint density at radius 1 is 1.36 bits per heavy atom. The molecule has 0 fully saturated rings.